The smallest absolute Gasteiger partial charge is 0.308 e. The van der Waals surface area contributed by atoms with Gasteiger partial charge >= 0.3 is 5.97 Å². The van der Waals surface area contributed by atoms with Gasteiger partial charge in [-0.15, -0.1) is 0 Å². The lowest BCUT2D eigenvalue weighted by Crippen LogP contribution is -2.32. The number of carbonyl (C=O) groups excluding carboxylic acids is 1. The van der Waals surface area contributed by atoms with Gasteiger partial charge in [-0.05, 0) is 6.92 Å². The molecule has 0 aliphatic carbocycles. The van der Waals surface area contributed by atoms with Crippen molar-refractivity contribution in [1.29, 1.82) is 0 Å². The van der Waals surface area contributed by atoms with Crippen molar-refractivity contribution in [3.05, 3.63) is 0 Å². The van der Waals surface area contributed by atoms with E-state index in [1.165, 1.54) is 6.92 Å². The molecule has 0 rings (SSSR count). The van der Waals surface area contributed by atoms with Crippen molar-refractivity contribution in [3.8, 4) is 0 Å². The molecule has 0 aliphatic heterocycles. The van der Waals surface area contributed by atoms with Crippen LogP contribution in [0, 0.1) is 5.92 Å². The van der Waals surface area contributed by atoms with Gasteiger partial charge in [0.1, 0.15) is 5.78 Å². The molecule has 5 heteroatoms. The standard InChI is InChI=1S/C8H16N2O3/c1-6(11)4-7(8(12)13)5-10-3-2-9/h7,10H,2-5,9H2,1H3,(H,12,13). The first-order chi connectivity index (χ1) is 6.07. The summed E-state index contributed by atoms with van der Waals surface area (Å²) in [6.07, 6.45) is 0.0763. The van der Waals surface area contributed by atoms with Crippen LogP contribution >= 0.6 is 0 Å². The largest absolute Gasteiger partial charge is 0.481 e. The number of ketones is 1. The third kappa shape index (κ3) is 6.24. The highest BCUT2D eigenvalue weighted by molar-refractivity contribution is 5.82. The molecule has 0 fully saturated rings. The van der Waals surface area contributed by atoms with Gasteiger partial charge in [0.05, 0.1) is 5.92 Å². The second kappa shape index (κ2) is 6.56. The highest BCUT2D eigenvalue weighted by atomic mass is 16.4. The third-order valence-corrected chi connectivity index (χ3v) is 1.59. The first-order valence-electron chi connectivity index (χ1n) is 4.21. The molecule has 0 aromatic heterocycles. The Hall–Kier alpha value is -0.940. The molecule has 0 aromatic carbocycles. The number of rotatable bonds is 7. The normalized spacial score (nSPS) is 12.5. The van der Waals surface area contributed by atoms with E-state index in [9.17, 15) is 9.59 Å². The molecule has 1 unspecified atom stereocenters. The molecular weight excluding hydrogens is 172 g/mol. The minimum absolute atomic E-state index is 0.0763. The third-order valence-electron chi connectivity index (χ3n) is 1.59. The number of hydrogen-bond donors (Lipinski definition) is 3. The molecule has 0 bridgehead atoms. The van der Waals surface area contributed by atoms with E-state index < -0.39 is 11.9 Å². The second-order valence-electron chi connectivity index (χ2n) is 2.93. The van der Waals surface area contributed by atoms with Crippen molar-refractivity contribution in [2.75, 3.05) is 19.6 Å². The van der Waals surface area contributed by atoms with Crippen LogP contribution in [0.25, 0.3) is 0 Å². The number of carbonyl (C=O) groups is 2. The maximum atomic E-state index is 10.7. The van der Waals surface area contributed by atoms with Gasteiger partial charge in [0, 0.05) is 26.1 Å². The summed E-state index contributed by atoms with van der Waals surface area (Å²) in [6.45, 7) is 2.72. The Balaban J connectivity index is 3.81. The van der Waals surface area contributed by atoms with E-state index in [4.69, 9.17) is 10.8 Å². The molecule has 0 saturated heterocycles. The SMILES string of the molecule is CC(=O)CC(CNCCN)C(=O)O. The van der Waals surface area contributed by atoms with Crippen LogP contribution < -0.4 is 11.1 Å². The maximum absolute atomic E-state index is 10.7. The van der Waals surface area contributed by atoms with E-state index in [1.807, 2.05) is 0 Å². The Kier molecular flexibility index (Phi) is 6.09. The van der Waals surface area contributed by atoms with Gasteiger partial charge in [-0.3, -0.25) is 4.79 Å². The average Bonchev–Trinajstić information content (AvgIpc) is 2.02. The van der Waals surface area contributed by atoms with Crippen molar-refractivity contribution >= 4 is 11.8 Å². The summed E-state index contributed by atoms with van der Waals surface area (Å²) < 4.78 is 0. The zero-order valence-electron chi connectivity index (χ0n) is 7.75. The zero-order valence-corrected chi connectivity index (χ0v) is 7.75. The fourth-order valence-electron chi connectivity index (χ4n) is 0.972. The van der Waals surface area contributed by atoms with Gasteiger partial charge in [-0.1, -0.05) is 0 Å². The van der Waals surface area contributed by atoms with E-state index in [2.05, 4.69) is 5.32 Å². The monoisotopic (exact) mass is 188 g/mol. The van der Waals surface area contributed by atoms with E-state index in [0.29, 0.717) is 19.6 Å². The lowest BCUT2D eigenvalue weighted by Gasteiger charge is -2.10. The number of Topliss-reactive ketones (excluding diaryl/α,β-unsaturated/α-hetero) is 1. The van der Waals surface area contributed by atoms with E-state index >= 15 is 0 Å². The Labute approximate surface area is 77.3 Å². The van der Waals surface area contributed by atoms with Crippen molar-refractivity contribution < 1.29 is 14.7 Å². The predicted octanol–water partition coefficient (Wildman–Crippen LogP) is -0.785. The number of carboxylic acids is 1. The number of aliphatic carboxylic acids is 1. The zero-order chi connectivity index (χ0) is 10.3. The average molecular weight is 188 g/mol. The summed E-state index contributed by atoms with van der Waals surface area (Å²) in [5, 5.41) is 11.6. The van der Waals surface area contributed by atoms with Crippen LogP contribution in [0.3, 0.4) is 0 Å². The van der Waals surface area contributed by atoms with Gasteiger partial charge in [0.2, 0.25) is 0 Å². The Morgan fingerprint density at radius 3 is 2.54 bits per heavy atom. The molecule has 76 valence electrons. The lowest BCUT2D eigenvalue weighted by molar-refractivity contribution is -0.143. The van der Waals surface area contributed by atoms with Crippen LogP contribution in [0.4, 0.5) is 0 Å². The molecule has 4 N–H and O–H groups in total. The van der Waals surface area contributed by atoms with E-state index in [0.717, 1.165) is 0 Å². The summed E-state index contributed by atoms with van der Waals surface area (Å²) in [4.78, 5) is 21.3. The van der Waals surface area contributed by atoms with Crippen LogP contribution in [-0.2, 0) is 9.59 Å². The molecule has 0 amide bonds. The molecule has 5 nitrogen and oxygen atoms in total. The van der Waals surface area contributed by atoms with Gasteiger partial charge in [0.25, 0.3) is 0 Å². The van der Waals surface area contributed by atoms with Crippen LogP contribution in [0.15, 0.2) is 0 Å². The van der Waals surface area contributed by atoms with Crippen molar-refractivity contribution in [2.45, 2.75) is 13.3 Å². The minimum atomic E-state index is -0.945. The van der Waals surface area contributed by atoms with Crippen molar-refractivity contribution in [2.24, 2.45) is 11.7 Å². The van der Waals surface area contributed by atoms with Gasteiger partial charge < -0.3 is 21.0 Å². The number of hydrogen-bond acceptors (Lipinski definition) is 4. The van der Waals surface area contributed by atoms with Crippen LogP contribution in [0.5, 0.6) is 0 Å². The molecule has 0 saturated carbocycles. The first-order valence-corrected chi connectivity index (χ1v) is 4.21. The Morgan fingerprint density at radius 1 is 1.54 bits per heavy atom. The molecule has 0 spiro atoms. The van der Waals surface area contributed by atoms with Crippen molar-refractivity contribution in [3.63, 3.8) is 0 Å². The second-order valence-corrected chi connectivity index (χ2v) is 2.93. The van der Waals surface area contributed by atoms with Crippen molar-refractivity contribution in [1.82, 2.24) is 5.32 Å². The summed E-state index contributed by atoms with van der Waals surface area (Å²) in [5.74, 6) is -1.69. The summed E-state index contributed by atoms with van der Waals surface area (Å²) in [7, 11) is 0. The summed E-state index contributed by atoms with van der Waals surface area (Å²) in [5.41, 5.74) is 5.22. The molecule has 0 heterocycles. The quantitative estimate of drug-likeness (QED) is 0.455. The summed E-state index contributed by atoms with van der Waals surface area (Å²) in [6, 6.07) is 0. The lowest BCUT2D eigenvalue weighted by atomic mass is 10.0. The maximum Gasteiger partial charge on any atom is 0.308 e. The van der Waals surface area contributed by atoms with Crippen LogP contribution in [-0.4, -0.2) is 36.5 Å². The van der Waals surface area contributed by atoms with E-state index in [-0.39, 0.29) is 12.2 Å². The predicted molar refractivity (Wildman–Crippen MR) is 48.3 cm³/mol. The van der Waals surface area contributed by atoms with Gasteiger partial charge in [0.15, 0.2) is 0 Å². The van der Waals surface area contributed by atoms with Crippen LogP contribution in [0.2, 0.25) is 0 Å². The van der Waals surface area contributed by atoms with Crippen LogP contribution in [0.1, 0.15) is 13.3 Å². The topological polar surface area (TPSA) is 92.4 Å². The summed E-state index contributed by atoms with van der Waals surface area (Å²) >= 11 is 0. The number of carboxylic acid groups (broad SMARTS) is 1. The number of nitrogens with one attached hydrogen (secondary N) is 1. The highest BCUT2D eigenvalue weighted by Crippen LogP contribution is 2.02. The Bertz CT molecular complexity index is 182. The van der Waals surface area contributed by atoms with E-state index in [1.54, 1.807) is 0 Å². The first kappa shape index (κ1) is 12.1. The molecule has 0 aliphatic rings. The van der Waals surface area contributed by atoms with Gasteiger partial charge in [-0.25, -0.2) is 0 Å². The highest BCUT2D eigenvalue weighted by Gasteiger charge is 2.18. The molecule has 1 atom stereocenters. The molecule has 0 aromatic rings. The Morgan fingerprint density at radius 2 is 2.15 bits per heavy atom. The molecule has 0 radical (unpaired) electrons. The van der Waals surface area contributed by atoms with Gasteiger partial charge in [-0.2, -0.15) is 0 Å². The molecular formula is C8H16N2O3. The molecule has 13 heavy (non-hydrogen) atoms. The fourth-order valence-corrected chi connectivity index (χ4v) is 0.972. The fraction of sp³-hybridized carbons (Fsp3) is 0.750. The minimum Gasteiger partial charge on any atom is -0.481 e. The number of nitrogens with two attached hydrogens (primary N) is 1.